The van der Waals surface area contributed by atoms with E-state index < -0.39 is 10.0 Å². The molecule has 0 aliphatic heterocycles. The highest BCUT2D eigenvalue weighted by Gasteiger charge is 2.06. The van der Waals surface area contributed by atoms with Crippen molar-refractivity contribution in [3.8, 4) is 5.75 Å². The molecule has 0 heterocycles. The van der Waals surface area contributed by atoms with E-state index in [9.17, 15) is 12.8 Å². The van der Waals surface area contributed by atoms with Crippen molar-refractivity contribution in [3.05, 3.63) is 65.5 Å². The third kappa shape index (κ3) is 7.95. The monoisotopic (exact) mass is 380 g/mol. The summed E-state index contributed by atoms with van der Waals surface area (Å²) in [6.07, 6.45) is 1.79. The van der Waals surface area contributed by atoms with E-state index in [1.54, 1.807) is 6.07 Å². The molecule has 2 N–H and O–H groups in total. The third-order valence-electron chi connectivity index (χ3n) is 3.78. The number of benzene rings is 2. The first-order valence-electron chi connectivity index (χ1n) is 8.46. The van der Waals surface area contributed by atoms with Gasteiger partial charge in [-0.1, -0.05) is 24.3 Å². The summed E-state index contributed by atoms with van der Waals surface area (Å²) >= 11 is 0. The van der Waals surface area contributed by atoms with Crippen molar-refractivity contribution in [3.63, 3.8) is 0 Å². The van der Waals surface area contributed by atoms with Crippen LogP contribution in [0.1, 0.15) is 18.1 Å². The standard InChI is InChI=1S/C19H25FN2O3S/c1-15(13-22-26(2,23)24)21-14-17-6-8-19(9-7-17)25-11-10-16-4-3-5-18(20)12-16/h3-9,12,15,21-22H,10-11,13-14H2,1-2H3. The molecule has 0 radical (unpaired) electrons. The summed E-state index contributed by atoms with van der Waals surface area (Å²) in [6, 6.07) is 14.2. The van der Waals surface area contributed by atoms with Crippen molar-refractivity contribution in [2.24, 2.45) is 0 Å². The Morgan fingerprint density at radius 3 is 2.50 bits per heavy atom. The summed E-state index contributed by atoms with van der Waals surface area (Å²) in [5.74, 6) is 0.525. The molecule has 0 bridgehead atoms. The zero-order chi connectivity index (χ0) is 19.0. The molecule has 2 aromatic carbocycles. The van der Waals surface area contributed by atoms with Crippen molar-refractivity contribution < 1.29 is 17.5 Å². The van der Waals surface area contributed by atoms with Crippen LogP contribution in [0.4, 0.5) is 4.39 Å². The molecule has 2 rings (SSSR count). The maximum absolute atomic E-state index is 13.1. The Labute approximate surface area is 154 Å². The molecule has 7 heteroatoms. The van der Waals surface area contributed by atoms with E-state index in [1.165, 1.54) is 12.1 Å². The van der Waals surface area contributed by atoms with Crippen molar-refractivity contribution in [2.75, 3.05) is 19.4 Å². The van der Waals surface area contributed by atoms with Gasteiger partial charge in [-0.15, -0.1) is 0 Å². The van der Waals surface area contributed by atoms with Crippen LogP contribution in [-0.4, -0.2) is 33.9 Å². The summed E-state index contributed by atoms with van der Waals surface area (Å²) in [4.78, 5) is 0. The SMILES string of the molecule is CC(CNS(C)(=O)=O)NCc1ccc(OCCc2cccc(F)c2)cc1. The highest BCUT2D eigenvalue weighted by Crippen LogP contribution is 2.13. The molecule has 1 unspecified atom stereocenters. The van der Waals surface area contributed by atoms with Crippen LogP contribution in [0, 0.1) is 5.82 Å². The number of hydrogen-bond donors (Lipinski definition) is 2. The van der Waals surface area contributed by atoms with Crippen LogP contribution < -0.4 is 14.8 Å². The van der Waals surface area contributed by atoms with Gasteiger partial charge in [0.2, 0.25) is 10.0 Å². The fourth-order valence-electron chi connectivity index (χ4n) is 2.32. The molecule has 0 saturated carbocycles. The Hall–Kier alpha value is -1.96. The zero-order valence-electron chi connectivity index (χ0n) is 15.0. The molecule has 0 fully saturated rings. The molecular formula is C19H25FN2O3S. The lowest BCUT2D eigenvalue weighted by Gasteiger charge is -2.14. The summed E-state index contributed by atoms with van der Waals surface area (Å²) < 4.78 is 43.4. The topological polar surface area (TPSA) is 67.4 Å². The Balaban J connectivity index is 1.72. The molecular weight excluding hydrogens is 355 g/mol. The van der Waals surface area contributed by atoms with Gasteiger partial charge in [0.05, 0.1) is 12.9 Å². The molecule has 0 spiro atoms. The molecule has 5 nitrogen and oxygen atoms in total. The molecule has 0 amide bonds. The van der Waals surface area contributed by atoms with E-state index in [0.717, 1.165) is 23.1 Å². The molecule has 0 aliphatic carbocycles. The summed E-state index contributed by atoms with van der Waals surface area (Å²) in [7, 11) is -3.17. The van der Waals surface area contributed by atoms with E-state index in [4.69, 9.17) is 4.74 Å². The smallest absolute Gasteiger partial charge is 0.208 e. The van der Waals surface area contributed by atoms with E-state index >= 15 is 0 Å². The number of nitrogens with one attached hydrogen (secondary N) is 2. The van der Waals surface area contributed by atoms with Gasteiger partial charge in [-0.2, -0.15) is 0 Å². The average Bonchev–Trinajstić information content (AvgIpc) is 2.59. The van der Waals surface area contributed by atoms with Crippen LogP contribution in [-0.2, 0) is 23.0 Å². The Morgan fingerprint density at radius 1 is 1.12 bits per heavy atom. The van der Waals surface area contributed by atoms with Gasteiger partial charge in [0.25, 0.3) is 0 Å². The number of rotatable bonds is 10. The summed E-state index contributed by atoms with van der Waals surface area (Å²) in [5.41, 5.74) is 1.98. The maximum atomic E-state index is 13.1. The predicted molar refractivity (Wildman–Crippen MR) is 101 cm³/mol. The van der Waals surface area contributed by atoms with Crippen LogP contribution in [0.15, 0.2) is 48.5 Å². The molecule has 0 aliphatic rings. The highest BCUT2D eigenvalue weighted by atomic mass is 32.2. The molecule has 0 saturated heterocycles. The summed E-state index contributed by atoms with van der Waals surface area (Å²) in [5, 5.41) is 3.26. The second-order valence-electron chi connectivity index (χ2n) is 6.27. The molecule has 2 aromatic rings. The Kier molecular flexibility index (Phi) is 7.56. The lowest BCUT2D eigenvalue weighted by molar-refractivity contribution is 0.321. The van der Waals surface area contributed by atoms with E-state index in [2.05, 4.69) is 10.0 Å². The number of halogens is 1. The largest absolute Gasteiger partial charge is 0.493 e. The van der Waals surface area contributed by atoms with Crippen LogP contribution in [0.2, 0.25) is 0 Å². The fourth-order valence-corrected chi connectivity index (χ4v) is 2.88. The minimum Gasteiger partial charge on any atom is -0.493 e. The van der Waals surface area contributed by atoms with Crippen LogP contribution in [0.5, 0.6) is 5.75 Å². The van der Waals surface area contributed by atoms with Crippen molar-refractivity contribution in [1.82, 2.24) is 10.0 Å². The zero-order valence-corrected chi connectivity index (χ0v) is 15.9. The van der Waals surface area contributed by atoms with Crippen molar-refractivity contribution >= 4 is 10.0 Å². The summed E-state index contributed by atoms with van der Waals surface area (Å²) in [6.45, 7) is 3.38. The highest BCUT2D eigenvalue weighted by molar-refractivity contribution is 7.88. The second kappa shape index (κ2) is 9.66. The van der Waals surface area contributed by atoms with Gasteiger partial charge in [-0.05, 0) is 42.3 Å². The normalized spacial score (nSPS) is 12.7. The van der Waals surface area contributed by atoms with Crippen molar-refractivity contribution in [2.45, 2.75) is 25.9 Å². The Morgan fingerprint density at radius 2 is 1.85 bits per heavy atom. The lowest BCUT2D eigenvalue weighted by atomic mass is 10.1. The number of sulfonamides is 1. The van der Waals surface area contributed by atoms with E-state index in [-0.39, 0.29) is 11.9 Å². The van der Waals surface area contributed by atoms with Crippen LogP contribution >= 0.6 is 0 Å². The van der Waals surface area contributed by atoms with Gasteiger partial charge >= 0.3 is 0 Å². The number of ether oxygens (including phenoxy) is 1. The van der Waals surface area contributed by atoms with Gasteiger partial charge in [0.1, 0.15) is 11.6 Å². The first-order valence-corrected chi connectivity index (χ1v) is 10.4. The maximum Gasteiger partial charge on any atom is 0.208 e. The minimum absolute atomic E-state index is 0.0203. The van der Waals surface area contributed by atoms with Crippen molar-refractivity contribution in [1.29, 1.82) is 0 Å². The predicted octanol–water partition coefficient (Wildman–Crippen LogP) is 2.47. The first kappa shape index (κ1) is 20.4. The van der Waals surface area contributed by atoms with Gasteiger partial charge in [-0.25, -0.2) is 17.5 Å². The van der Waals surface area contributed by atoms with Gasteiger partial charge in [-0.3, -0.25) is 0 Å². The van der Waals surface area contributed by atoms with Gasteiger partial charge in [0, 0.05) is 25.6 Å². The average molecular weight is 380 g/mol. The second-order valence-corrected chi connectivity index (χ2v) is 8.11. The fraction of sp³-hybridized carbons (Fsp3) is 0.368. The first-order chi connectivity index (χ1) is 12.3. The van der Waals surface area contributed by atoms with E-state index in [1.807, 2.05) is 37.3 Å². The molecule has 1 atom stereocenters. The van der Waals surface area contributed by atoms with Crippen LogP contribution in [0.25, 0.3) is 0 Å². The number of hydrogen-bond acceptors (Lipinski definition) is 4. The quantitative estimate of drug-likeness (QED) is 0.665. The van der Waals surface area contributed by atoms with Crippen LogP contribution in [0.3, 0.4) is 0 Å². The van der Waals surface area contributed by atoms with Gasteiger partial charge in [0.15, 0.2) is 0 Å². The Bertz CT molecular complexity index is 795. The van der Waals surface area contributed by atoms with Gasteiger partial charge < -0.3 is 10.1 Å². The molecule has 0 aromatic heterocycles. The van der Waals surface area contributed by atoms with E-state index in [0.29, 0.717) is 26.1 Å². The molecule has 26 heavy (non-hydrogen) atoms. The lowest BCUT2D eigenvalue weighted by Crippen LogP contribution is -2.38. The third-order valence-corrected chi connectivity index (χ3v) is 4.47. The minimum atomic E-state index is -3.17. The molecule has 142 valence electrons.